The number of nitrogens with zero attached hydrogens (tertiary/aromatic N) is 1. The maximum Gasteiger partial charge on any atom is 0.240 e. The summed E-state index contributed by atoms with van der Waals surface area (Å²) in [6.45, 7) is 2.12. The Labute approximate surface area is 76.0 Å². The molecule has 0 bridgehead atoms. The van der Waals surface area contributed by atoms with Crippen LogP contribution in [0.3, 0.4) is 0 Å². The second kappa shape index (κ2) is 4.74. The van der Waals surface area contributed by atoms with Crippen molar-refractivity contribution in [3.8, 4) is 0 Å². The van der Waals surface area contributed by atoms with Gasteiger partial charge in [-0.1, -0.05) is 6.07 Å². The number of hydrogen-bond acceptors (Lipinski definition) is 2. The van der Waals surface area contributed by atoms with Crippen molar-refractivity contribution < 1.29 is 8.78 Å². The van der Waals surface area contributed by atoms with Crippen molar-refractivity contribution in [2.45, 2.75) is 19.8 Å². The van der Waals surface area contributed by atoms with E-state index in [9.17, 15) is 8.78 Å². The molecule has 0 aliphatic rings. The van der Waals surface area contributed by atoms with E-state index in [0.29, 0.717) is 5.82 Å². The third-order valence-electron chi connectivity index (χ3n) is 1.56. The summed E-state index contributed by atoms with van der Waals surface area (Å²) in [4.78, 5) is 4.11. The number of halogens is 2. The van der Waals surface area contributed by atoms with E-state index in [-0.39, 0.29) is 13.0 Å². The van der Waals surface area contributed by atoms with E-state index in [1.54, 1.807) is 6.07 Å². The van der Waals surface area contributed by atoms with Gasteiger partial charge in [-0.05, 0) is 19.1 Å². The first kappa shape index (κ1) is 9.89. The lowest BCUT2D eigenvalue weighted by atomic mass is 10.3. The minimum Gasteiger partial charge on any atom is -0.370 e. The van der Waals surface area contributed by atoms with E-state index >= 15 is 0 Å². The standard InChI is InChI=1S/C9H12F2N2/c1-7-3-2-4-9(13-7)12-6-5-8(10)11/h2-4,8H,5-6H2,1H3,(H,12,13). The fraction of sp³-hybridized carbons (Fsp3) is 0.444. The number of alkyl halides is 2. The molecule has 0 aromatic carbocycles. The second-order valence-corrected chi connectivity index (χ2v) is 2.77. The van der Waals surface area contributed by atoms with E-state index in [0.717, 1.165) is 5.69 Å². The number of hydrogen-bond donors (Lipinski definition) is 1. The maximum atomic E-state index is 11.8. The highest BCUT2D eigenvalue weighted by atomic mass is 19.3. The smallest absolute Gasteiger partial charge is 0.240 e. The Morgan fingerprint density at radius 2 is 2.23 bits per heavy atom. The normalized spacial score (nSPS) is 10.5. The number of nitrogens with one attached hydrogen (secondary N) is 1. The van der Waals surface area contributed by atoms with Crippen LogP contribution in [-0.2, 0) is 0 Å². The van der Waals surface area contributed by atoms with Gasteiger partial charge in [0.05, 0.1) is 0 Å². The van der Waals surface area contributed by atoms with Crippen molar-refractivity contribution in [1.29, 1.82) is 0 Å². The Morgan fingerprint density at radius 1 is 1.46 bits per heavy atom. The first-order valence-electron chi connectivity index (χ1n) is 4.14. The monoisotopic (exact) mass is 186 g/mol. The van der Waals surface area contributed by atoms with Crippen LogP contribution < -0.4 is 5.32 Å². The number of rotatable bonds is 4. The molecule has 1 rings (SSSR count). The number of anilines is 1. The molecule has 0 atom stereocenters. The summed E-state index contributed by atoms with van der Waals surface area (Å²) in [6.07, 6.45) is -2.40. The lowest BCUT2D eigenvalue weighted by molar-refractivity contribution is 0.142. The van der Waals surface area contributed by atoms with Crippen molar-refractivity contribution in [2.75, 3.05) is 11.9 Å². The quantitative estimate of drug-likeness (QED) is 0.781. The number of aryl methyl sites for hydroxylation is 1. The van der Waals surface area contributed by atoms with Crippen LogP contribution in [-0.4, -0.2) is 18.0 Å². The van der Waals surface area contributed by atoms with Crippen molar-refractivity contribution in [3.05, 3.63) is 23.9 Å². The molecule has 0 saturated heterocycles. The van der Waals surface area contributed by atoms with Crippen LogP contribution in [0.15, 0.2) is 18.2 Å². The Kier molecular flexibility index (Phi) is 3.61. The largest absolute Gasteiger partial charge is 0.370 e. The number of aromatic nitrogens is 1. The average molecular weight is 186 g/mol. The average Bonchev–Trinajstić information content (AvgIpc) is 2.03. The third-order valence-corrected chi connectivity index (χ3v) is 1.56. The fourth-order valence-electron chi connectivity index (χ4n) is 0.951. The molecule has 4 heteroatoms. The van der Waals surface area contributed by atoms with Crippen LogP contribution in [0.25, 0.3) is 0 Å². The Hall–Kier alpha value is -1.19. The molecule has 0 spiro atoms. The summed E-state index contributed by atoms with van der Waals surface area (Å²) in [5.74, 6) is 0.653. The summed E-state index contributed by atoms with van der Waals surface area (Å²) < 4.78 is 23.5. The van der Waals surface area contributed by atoms with Gasteiger partial charge in [0.2, 0.25) is 6.43 Å². The lowest BCUT2D eigenvalue weighted by Gasteiger charge is -2.04. The molecule has 1 aromatic rings. The first-order chi connectivity index (χ1) is 6.18. The zero-order chi connectivity index (χ0) is 9.68. The van der Waals surface area contributed by atoms with Gasteiger partial charge in [0.15, 0.2) is 0 Å². The Balaban J connectivity index is 2.37. The summed E-state index contributed by atoms with van der Waals surface area (Å²) >= 11 is 0. The molecule has 0 aliphatic carbocycles. The fourth-order valence-corrected chi connectivity index (χ4v) is 0.951. The van der Waals surface area contributed by atoms with Gasteiger partial charge >= 0.3 is 0 Å². The molecule has 0 fully saturated rings. The predicted molar refractivity (Wildman–Crippen MR) is 48.1 cm³/mol. The Bertz CT molecular complexity index is 264. The van der Waals surface area contributed by atoms with Gasteiger partial charge in [-0.2, -0.15) is 0 Å². The second-order valence-electron chi connectivity index (χ2n) is 2.77. The number of pyridine rings is 1. The zero-order valence-electron chi connectivity index (χ0n) is 7.43. The van der Waals surface area contributed by atoms with E-state index in [1.807, 2.05) is 19.1 Å². The van der Waals surface area contributed by atoms with E-state index < -0.39 is 6.43 Å². The van der Waals surface area contributed by atoms with E-state index in [2.05, 4.69) is 10.3 Å². The van der Waals surface area contributed by atoms with Gasteiger partial charge in [-0.3, -0.25) is 0 Å². The molecule has 72 valence electrons. The van der Waals surface area contributed by atoms with Crippen LogP contribution in [0.4, 0.5) is 14.6 Å². The van der Waals surface area contributed by atoms with Crippen molar-refractivity contribution >= 4 is 5.82 Å². The highest BCUT2D eigenvalue weighted by Gasteiger charge is 2.01. The van der Waals surface area contributed by atoms with E-state index in [4.69, 9.17) is 0 Å². The molecule has 0 unspecified atom stereocenters. The molecule has 1 heterocycles. The third kappa shape index (κ3) is 3.83. The molecular formula is C9H12F2N2. The van der Waals surface area contributed by atoms with E-state index in [1.165, 1.54) is 0 Å². The van der Waals surface area contributed by atoms with Crippen LogP contribution in [0, 0.1) is 6.92 Å². The van der Waals surface area contributed by atoms with Gasteiger partial charge in [-0.25, -0.2) is 13.8 Å². The lowest BCUT2D eigenvalue weighted by Crippen LogP contribution is -2.07. The summed E-state index contributed by atoms with van der Waals surface area (Å²) in [7, 11) is 0. The van der Waals surface area contributed by atoms with Crippen molar-refractivity contribution in [2.24, 2.45) is 0 Å². The van der Waals surface area contributed by atoms with Gasteiger partial charge in [0.25, 0.3) is 0 Å². The molecule has 0 saturated carbocycles. The first-order valence-corrected chi connectivity index (χ1v) is 4.14. The molecule has 1 N–H and O–H groups in total. The van der Waals surface area contributed by atoms with Gasteiger partial charge < -0.3 is 5.32 Å². The predicted octanol–water partition coefficient (Wildman–Crippen LogP) is 2.46. The maximum absolute atomic E-state index is 11.8. The minimum atomic E-state index is -2.25. The highest BCUT2D eigenvalue weighted by molar-refractivity contribution is 5.34. The molecule has 0 radical (unpaired) electrons. The molecule has 2 nitrogen and oxygen atoms in total. The van der Waals surface area contributed by atoms with Gasteiger partial charge in [0, 0.05) is 18.7 Å². The molecule has 13 heavy (non-hydrogen) atoms. The van der Waals surface area contributed by atoms with Crippen molar-refractivity contribution in [1.82, 2.24) is 4.98 Å². The summed E-state index contributed by atoms with van der Waals surface area (Å²) in [5.41, 5.74) is 0.877. The molecule has 0 aliphatic heterocycles. The Morgan fingerprint density at radius 3 is 2.85 bits per heavy atom. The molecular weight excluding hydrogens is 174 g/mol. The summed E-state index contributed by atoms with van der Waals surface area (Å²) in [5, 5.41) is 2.83. The van der Waals surface area contributed by atoms with Crippen LogP contribution in [0.2, 0.25) is 0 Å². The highest BCUT2D eigenvalue weighted by Crippen LogP contribution is 2.05. The minimum absolute atomic E-state index is 0.143. The van der Waals surface area contributed by atoms with Crippen molar-refractivity contribution in [3.63, 3.8) is 0 Å². The van der Waals surface area contributed by atoms with Gasteiger partial charge in [-0.15, -0.1) is 0 Å². The SMILES string of the molecule is Cc1cccc(NCCC(F)F)n1. The molecule has 1 aromatic heterocycles. The topological polar surface area (TPSA) is 24.9 Å². The van der Waals surface area contributed by atoms with Gasteiger partial charge in [0.1, 0.15) is 5.82 Å². The summed E-state index contributed by atoms with van der Waals surface area (Å²) in [6, 6.07) is 5.46. The van der Waals surface area contributed by atoms with Crippen LogP contribution in [0.1, 0.15) is 12.1 Å². The molecule has 0 amide bonds. The van der Waals surface area contributed by atoms with Crippen LogP contribution in [0.5, 0.6) is 0 Å². The zero-order valence-corrected chi connectivity index (χ0v) is 7.43. The van der Waals surface area contributed by atoms with Crippen LogP contribution >= 0.6 is 0 Å².